The minimum absolute atomic E-state index is 0.0844. The summed E-state index contributed by atoms with van der Waals surface area (Å²) in [6.45, 7) is 0.319. The fourth-order valence-corrected chi connectivity index (χ4v) is 5.16. The highest BCUT2D eigenvalue weighted by Crippen LogP contribution is 2.27. The second-order valence-electron chi connectivity index (χ2n) is 8.65. The van der Waals surface area contributed by atoms with Crippen LogP contribution in [0.4, 0.5) is 0 Å². The molecule has 1 atom stereocenters. The predicted octanol–water partition coefficient (Wildman–Crippen LogP) is 4.91. The van der Waals surface area contributed by atoms with E-state index in [9.17, 15) is 9.59 Å². The largest absolute Gasteiger partial charge is 0.497 e. The Morgan fingerprint density at radius 1 is 1.09 bits per heavy atom. The zero-order chi connectivity index (χ0) is 23.8. The van der Waals surface area contributed by atoms with Crippen LogP contribution in [0.3, 0.4) is 0 Å². The van der Waals surface area contributed by atoms with Gasteiger partial charge in [-0.2, -0.15) is 0 Å². The first kappa shape index (κ1) is 24.0. The summed E-state index contributed by atoms with van der Waals surface area (Å²) in [7, 11) is 1.63. The fourth-order valence-electron chi connectivity index (χ4n) is 4.46. The van der Waals surface area contributed by atoms with E-state index in [-0.39, 0.29) is 24.3 Å². The maximum absolute atomic E-state index is 13.7. The van der Waals surface area contributed by atoms with Crippen molar-refractivity contribution in [1.82, 2.24) is 15.2 Å². The van der Waals surface area contributed by atoms with Gasteiger partial charge in [-0.15, -0.1) is 11.3 Å². The number of rotatable bonds is 9. The molecule has 1 unspecified atom stereocenters. The Kier molecular flexibility index (Phi) is 8.31. The van der Waals surface area contributed by atoms with E-state index in [1.165, 1.54) is 6.42 Å². The van der Waals surface area contributed by atoms with E-state index >= 15 is 0 Å². The lowest BCUT2D eigenvalue weighted by molar-refractivity contribution is -0.141. The molecule has 6 nitrogen and oxygen atoms in total. The normalized spacial score (nSPS) is 14.9. The molecule has 2 amide bonds. The number of aromatic nitrogens is 1. The van der Waals surface area contributed by atoms with Gasteiger partial charge >= 0.3 is 0 Å². The van der Waals surface area contributed by atoms with Gasteiger partial charge in [-0.25, -0.2) is 0 Å². The molecule has 0 saturated heterocycles. The lowest BCUT2D eigenvalue weighted by atomic mass is 9.94. The number of pyridine rings is 1. The van der Waals surface area contributed by atoms with E-state index in [0.717, 1.165) is 47.4 Å². The minimum Gasteiger partial charge on any atom is -0.497 e. The molecular formula is C27H31N3O3S. The number of nitrogens with one attached hydrogen (secondary N) is 1. The van der Waals surface area contributed by atoms with Crippen molar-refractivity contribution in [3.05, 3.63) is 82.3 Å². The van der Waals surface area contributed by atoms with Crippen LogP contribution >= 0.6 is 11.3 Å². The smallest absolute Gasteiger partial charge is 0.247 e. The summed E-state index contributed by atoms with van der Waals surface area (Å²) >= 11 is 1.55. The number of carbonyl (C=O) groups is 2. The van der Waals surface area contributed by atoms with Gasteiger partial charge in [-0.1, -0.05) is 37.5 Å². The summed E-state index contributed by atoms with van der Waals surface area (Å²) in [5.41, 5.74) is 1.70. The summed E-state index contributed by atoms with van der Waals surface area (Å²) in [5, 5.41) is 5.21. The van der Waals surface area contributed by atoms with E-state index in [0.29, 0.717) is 6.54 Å². The van der Waals surface area contributed by atoms with E-state index in [2.05, 4.69) is 10.3 Å². The van der Waals surface area contributed by atoms with Gasteiger partial charge in [0, 0.05) is 29.9 Å². The molecule has 1 aromatic carbocycles. The van der Waals surface area contributed by atoms with Crippen LogP contribution in [0.2, 0.25) is 0 Å². The van der Waals surface area contributed by atoms with Crippen molar-refractivity contribution >= 4 is 23.2 Å². The Bertz CT molecular complexity index is 1050. The highest BCUT2D eigenvalue weighted by atomic mass is 32.1. The number of nitrogens with zero attached hydrogens (tertiary/aromatic N) is 2. The summed E-state index contributed by atoms with van der Waals surface area (Å²) in [6, 6.07) is 14.6. The minimum atomic E-state index is -0.737. The van der Waals surface area contributed by atoms with Crippen molar-refractivity contribution < 1.29 is 14.3 Å². The monoisotopic (exact) mass is 477 g/mol. The molecule has 1 aliphatic rings. The predicted molar refractivity (Wildman–Crippen MR) is 134 cm³/mol. The average Bonchev–Trinajstić information content (AvgIpc) is 3.38. The summed E-state index contributed by atoms with van der Waals surface area (Å²) < 4.78 is 5.28. The van der Waals surface area contributed by atoms with Crippen LogP contribution in [0.1, 0.15) is 54.1 Å². The standard InChI is InChI=1S/C27H31N3O3S/c1-33-23-11-9-20(10-12-23)19-30(25(31)18-24-8-5-17-34-24)26(21-13-15-28-16-14-21)27(32)29-22-6-3-2-4-7-22/h5,8-17,22,26H,2-4,6-7,18-19H2,1H3,(H,29,32). The van der Waals surface area contributed by atoms with E-state index in [1.807, 2.05) is 53.9 Å². The van der Waals surface area contributed by atoms with Crippen molar-refractivity contribution in [2.45, 2.75) is 57.2 Å². The SMILES string of the molecule is COc1ccc(CN(C(=O)Cc2cccs2)C(C(=O)NC2CCCCC2)c2ccncc2)cc1. The van der Waals surface area contributed by atoms with Gasteiger partial charge in [0.15, 0.2) is 0 Å². The van der Waals surface area contributed by atoms with Crippen LogP contribution in [0.5, 0.6) is 5.75 Å². The summed E-state index contributed by atoms with van der Waals surface area (Å²) in [5.74, 6) is 0.533. The average molecular weight is 478 g/mol. The third-order valence-electron chi connectivity index (χ3n) is 6.27. The molecule has 3 aromatic rings. The Balaban J connectivity index is 1.66. The molecule has 34 heavy (non-hydrogen) atoms. The summed E-state index contributed by atoms with van der Waals surface area (Å²) in [6.07, 6.45) is 9.02. The molecule has 4 rings (SSSR count). The van der Waals surface area contributed by atoms with E-state index in [1.54, 1.807) is 35.7 Å². The number of ether oxygens (including phenoxy) is 1. The molecule has 0 spiro atoms. The third-order valence-corrected chi connectivity index (χ3v) is 7.15. The zero-order valence-corrected chi connectivity index (χ0v) is 20.3. The fraction of sp³-hybridized carbons (Fsp3) is 0.370. The zero-order valence-electron chi connectivity index (χ0n) is 19.5. The molecule has 178 valence electrons. The molecule has 1 aliphatic carbocycles. The van der Waals surface area contributed by atoms with E-state index < -0.39 is 6.04 Å². The second-order valence-corrected chi connectivity index (χ2v) is 9.68. The molecule has 0 radical (unpaired) electrons. The number of amides is 2. The Morgan fingerprint density at radius 3 is 2.47 bits per heavy atom. The quantitative estimate of drug-likeness (QED) is 0.475. The Hall–Kier alpha value is -3.19. The van der Waals surface area contributed by atoms with E-state index in [4.69, 9.17) is 4.74 Å². The molecule has 0 bridgehead atoms. The third kappa shape index (κ3) is 6.23. The first-order valence-electron chi connectivity index (χ1n) is 11.8. The number of methoxy groups -OCH3 is 1. The van der Waals surface area contributed by atoms with Gasteiger partial charge in [0.2, 0.25) is 11.8 Å². The number of hydrogen-bond donors (Lipinski definition) is 1. The highest BCUT2D eigenvalue weighted by molar-refractivity contribution is 7.10. The number of hydrogen-bond acceptors (Lipinski definition) is 5. The Morgan fingerprint density at radius 2 is 1.82 bits per heavy atom. The van der Waals surface area contributed by atoms with Crippen LogP contribution in [0, 0.1) is 0 Å². The van der Waals surface area contributed by atoms with Crippen molar-refractivity contribution in [2.75, 3.05) is 7.11 Å². The first-order valence-corrected chi connectivity index (χ1v) is 12.7. The molecular weight excluding hydrogens is 446 g/mol. The Labute approximate surface area is 205 Å². The van der Waals surface area contributed by atoms with Crippen LogP contribution in [0.25, 0.3) is 0 Å². The number of carbonyl (C=O) groups excluding carboxylic acids is 2. The maximum atomic E-state index is 13.7. The second kappa shape index (κ2) is 11.8. The number of benzene rings is 1. The van der Waals surface area contributed by atoms with Gasteiger partial charge in [0.1, 0.15) is 11.8 Å². The van der Waals surface area contributed by atoms with Gasteiger partial charge < -0.3 is 15.0 Å². The van der Waals surface area contributed by atoms with Gasteiger partial charge in [-0.3, -0.25) is 14.6 Å². The molecule has 1 N–H and O–H groups in total. The number of thiophene rings is 1. The molecule has 0 aliphatic heterocycles. The molecule has 7 heteroatoms. The van der Waals surface area contributed by atoms with Gasteiger partial charge in [0.05, 0.1) is 13.5 Å². The molecule has 1 saturated carbocycles. The molecule has 2 heterocycles. The van der Waals surface area contributed by atoms with Crippen LogP contribution in [0.15, 0.2) is 66.3 Å². The summed E-state index contributed by atoms with van der Waals surface area (Å²) in [4.78, 5) is 34.2. The van der Waals surface area contributed by atoms with Crippen LogP contribution in [-0.4, -0.2) is 34.8 Å². The van der Waals surface area contributed by atoms with Gasteiger partial charge in [-0.05, 0) is 59.7 Å². The van der Waals surface area contributed by atoms with Crippen LogP contribution in [-0.2, 0) is 22.6 Å². The van der Waals surface area contributed by atoms with Crippen molar-refractivity contribution in [2.24, 2.45) is 0 Å². The van der Waals surface area contributed by atoms with Gasteiger partial charge in [0.25, 0.3) is 0 Å². The molecule has 1 fully saturated rings. The highest BCUT2D eigenvalue weighted by Gasteiger charge is 2.33. The van der Waals surface area contributed by atoms with Crippen molar-refractivity contribution in [3.8, 4) is 5.75 Å². The van der Waals surface area contributed by atoms with Crippen LogP contribution < -0.4 is 10.1 Å². The van der Waals surface area contributed by atoms with Crippen molar-refractivity contribution in [3.63, 3.8) is 0 Å². The maximum Gasteiger partial charge on any atom is 0.247 e. The topological polar surface area (TPSA) is 71.5 Å². The van der Waals surface area contributed by atoms with Crippen molar-refractivity contribution in [1.29, 1.82) is 0 Å². The lowest BCUT2D eigenvalue weighted by Gasteiger charge is -2.33. The molecule has 2 aromatic heterocycles. The first-order chi connectivity index (χ1) is 16.6. The lowest BCUT2D eigenvalue weighted by Crippen LogP contribution is -2.47.